The zero-order valence-corrected chi connectivity index (χ0v) is 10.2. The molecule has 2 aromatic heterocycles. The highest BCUT2D eigenvalue weighted by Gasteiger charge is 2.10. The van der Waals surface area contributed by atoms with Crippen LogP contribution in [0.3, 0.4) is 0 Å². The normalized spacial score (nSPS) is 10.8. The van der Waals surface area contributed by atoms with E-state index >= 15 is 0 Å². The molecule has 0 bridgehead atoms. The largest absolute Gasteiger partial charge is 0.406 e. The molecule has 7 heteroatoms. The molecule has 0 saturated heterocycles. The molecule has 0 fully saturated rings. The topological polar surface area (TPSA) is 80.8 Å². The minimum absolute atomic E-state index is 0.387. The summed E-state index contributed by atoms with van der Waals surface area (Å²) in [6.07, 6.45) is 2.74. The maximum absolute atomic E-state index is 5.40. The van der Waals surface area contributed by atoms with Crippen molar-refractivity contribution in [3.05, 3.63) is 17.8 Å². The first kappa shape index (κ1) is 11.6. The summed E-state index contributed by atoms with van der Waals surface area (Å²) in [5.74, 6) is 0.553. The van der Waals surface area contributed by atoms with Gasteiger partial charge in [0.15, 0.2) is 0 Å². The monoisotopic (exact) mass is 236 g/mol. The van der Waals surface area contributed by atoms with Gasteiger partial charge in [-0.1, -0.05) is 12.0 Å². The Morgan fingerprint density at radius 1 is 1.41 bits per heavy atom. The second kappa shape index (κ2) is 4.96. The Labute approximate surface area is 99.2 Å². The number of aryl methyl sites for hydroxylation is 2. The predicted octanol–water partition coefficient (Wildman–Crippen LogP) is 0.828. The zero-order chi connectivity index (χ0) is 12.3. The second-order valence-electron chi connectivity index (χ2n) is 3.67. The van der Waals surface area contributed by atoms with Crippen LogP contribution in [-0.2, 0) is 20.0 Å². The molecule has 0 aliphatic carbocycles. The fourth-order valence-corrected chi connectivity index (χ4v) is 1.54. The van der Waals surface area contributed by atoms with Crippen molar-refractivity contribution in [3.63, 3.8) is 0 Å². The van der Waals surface area contributed by atoms with Gasteiger partial charge < -0.3 is 15.1 Å². The van der Waals surface area contributed by atoms with Crippen molar-refractivity contribution in [2.24, 2.45) is 7.05 Å². The number of anilines is 2. The molecule has 0 amide bonds. The molecule has 0 aromatic carbocycles. The van der Waals surface area contributed by atoms with Gasteiger partial charge in [0.25, 0.3) is 0 Å². The number of aromatic nitrogens is 4. The highest BCUT2D eigenvalue weighted by molar-refractivity contribution is 5.53. The fraction of sp³-hybridized carbons (Fsp3) is 0.500. The fourth-order valence-electron chi connectivity index (χ4n) is 1.54. The smallest absolute Gasteiger partial charge is 0.320 e. The van der Waals surface area contributed by atoms with E-state index in [4.69, 9.17) is 4.42 Å². The third kappa shape index (κ3) is 2.62. The Morgan fingerprint density at radius 3 is 2.94 bits per heavy atom. The lowest BCUT2D eigenvalue weighted by Gasteiger charge is -1.98. The summed E-state index contributed by atoms with van der Waals surface area (Å²) in [4.78, 5) is 0. The van der Waals surface area contributed by atoms with Crippen LogP contribution in [0.15, 0.2) is 10.6 Å². The molecule has 2 heterocycles. The van der Waals surface area contributed by atoms with Gasteiger partial charge in [-0.05, 0) is 13.5 Å². The molecule has 0 unspecified atom stereocenters. The van der Waals surface area contributed by atoms with Crippen molar-refractivity contribution in [3.8, 4) is 0 Å². The molecular formula is C10H16N6O. The van der Waals surface area contributed by atoms with Crippen molar-refractivity contribution in [1.82, 2.24) is 25.3 Å². The first-order valence-corrected chi connectivity index (χ1v) is 5.49. The van der Waals surface area contributed by atoms with Crippen LogP contribution in [0.1, 0.15) is 18.5 Å². The number of rotatable bonds is 5. The van der Waals surface area contributed by atoms with Gasteiger partial charge in [-0.2, -0.15) is 5.10 Å². The number of nitrogens with zero attached hydrogens (tertiary/aromatic N) is 4. The standard InChI is InChI=1S/C10H16N6O/c1-4-7-8(6-16(3)15-7)12-10-14-13-9(17-10)5-11-2/h6,11H,4-5H2,1-3H3,(H,12,14). The van der Waals surface area contributed by atoms with Gasteiger partial charge in [-0.25, -0.2) is 0 Å². The van der Waals surface area contributed by atoms with E-state index in [1.807, 2.05) is 27.2 Å². The van der Waals surface area contributed by atoms with Crippen molar-refractivity contribution < 1.29 is 4.42 Å². The minimum atomic E-state index is 0.387. The zero-order valence-electron chi connectivity index (χ0n) is 10.2. The van der Waals surface area contributed by atoms with Gasteiger partial charge in [0, 0.05) is 13.2 Å². The number of nitrogens with one attached hydrogen (secondary N) is 2. The van der Waals surface area contributed by atoms with E-state index in [0.29, 0.717) is 18.5 Å². The highest BCUT2D eigenvalue weighted by Crippen LogP contribution is 2.19. The first-order valence-electron chi connectivity index (χ1n) is 5.49. The van der Waals surface area contributed by atoms with Crippen LogP contribution < -0.4 is 10.6 Å². The summed E-state index contributed by atoms with van der Waals surface area (Å²) in [6, 6.07) is 0.387. The van der Waals surface area contributed by atoms with E-state index in [-0.39, 0.29) is 0 Å². The van der Waals surface area contributed by atoms with Gasteiger partial charge in [0.1, 0.15) is 0 Å². The van der Waals surface area contributed by atoms with Crippen LogP contribution in [0.5, 0.6) is 0 Å². The van der Waals surface area contributed by atoms with Gasteiger partial charge >= 0.3 is 6.01 Å². The first-order chi connectivity index (χ1) is 8.22. The maximum atomic E-state index is 5.40. The third-order valence-corrected chi connectivity index (χ3v) is 2.28. The lowest BCUT2D eigenvalue weighted by molar-refractivity contribution is 0.493. The highest BCUT2D eigenvalue weighted by atomic mass is 16.4. The average Bonchev–Trinajstić information content (AvgIpc) is 2.87. The van der Waals surface area contributed by atoms with Crippen LogP contribution in [0.4, 0.5) is 11.7 Å². The predicted molar refractivity (Wildman–Crippen MR) is 62.9 cm³/mol. The van der Waals surface area contributed by atoms with E-state index < -0.39 is 0 Å². The Hall–Kier alpha value is -1.89. The molecular weight excluding hydrogens is 220 g/mol. The van der Waals surface area contributed by atoms with Crippen LogP contribution in [0.2, 0.25) is 0 Å². The SMILES string of the molecule is CCc1nn(C)cc1Nc1nnc(CNC)o1. The molecule has 0 radical (unpaired) electrons. The third-order valence-electron chi connectivity index (χ3n) is 2.28. The molecule has 0 aliphatic heterocycles. The number of hydrogen-bond acceptors (Lipinski definition) is 6. The molecule has 0 saturated carbocycles. The second-order valence-corrected chi connectivity index (χ2v) is 3.67. The van der Waals surface area contributed by atoms with Crippen LogP contribution >= 0.6 is 0 Å². The van der Waals surface area contributed by atoms with Gasteiger partial charge in [0.05, 0.1) is 17.9 Å². The summed E-state index contributed by atoms with van der Waals surface area (Å²) in [6.45, 7) is 2.61. The summed E-state index contributed by atoms with van der Waals surface area (Å²) in [7, 11) is 3.71. The lowest BCUT2D eigenvalue weighted by atomic mass is 10.3. The summed E-state index contributed by atoms with van der Waals surface area (Å²) < 4.78 is 7.16. The van der Waals surface area contributed by atoms with Crippen molar-refractivity contribution in [1.29, 1.82) is 0 Å². The average molecular weight is 236 g/mol. The van der Waals surface area contributed by atoms with E-state index in [2.05, 4.69) is 25.9 Å². The summed E-state index contributed by atoms with van der Waals surface area (Å²) in [5, 5.41) is 18.1. The van der Waals surface area contributed by atoms with Crippen LogP contribution in [-0.4, -0.2) is 27.0 Å². The Morgan fingerprint density at radius 2 is 2.24 bits per heavy atom. The molecule has 2 N–H and O–H groups in total. The van der Waals surface area contributed by atoms with Gasteiger partial charge in [-0.15, -0.1) is 5.10 Å². The minimum Gasteiger partial charge on any atom is -0.406 e. The summed E-state index contributed by atoms with van der Waals surface area (Å²) >= 11 is 0. The van der Waals surface area contributed by atoms with E-state index in [0.717, 1.165) is 17.8 Å². The van der Waals surface area contributed by atoms with E-state index in [1.165, 1.54) is 0 Å². The van der Waals surface area contributed by atoms with Gasteiger partial charge in [-0.3, -0.25) is 4.68 Å². The lowest BCUT2D eigenvalue weighted by Crippen LogP contribution is -2.04. The quantitative estimate of drug-likeness (QED) is 0.800. The maximum Gasteiger partial charge on any atom is 0.320 e. The van der Waals surface area contributed by atoms with Crippen LogP contribution in [0, 0.1) is 0 Å². The molecule has 92 valence electrons. The molecule has 2 aromatic rings. The molecule has 17 heavy (non-hydrogen) atoms. The number of hydrogen-bond donors (Lipinski definition) is 2. The Bertz CT molecular complexity index is 489. The molecule has 0 atom stereocenters. The van der Waals surface area contributed by atoms with Gasteiger partial charge in [0.2, 0.25) is 5.89 Å². The molecule has 0 spiro atoms. The molecule has 7 nitrogen and oxygen atoms in total. The summed E-state index contributed by atoms with van der Waals surface area (Å²) in [5.41, 5.74) is 1.87. The molecule has 2 rings (SSSR count). The van der Waals surface area contributed by atoms with E-state index in [9.17, 15) is 0 Å². The van der Waals surface area contributed by atoms with Crippen LogP contribution in [0.25, 0.3) is 0 Å². The van der Waals surface area contributed by atoms with E-state index in [1.54, 1.807) is 4.68 Å². The van der Waals surface area contributed by atoms with Crippen molar-refractivity contribution >= 4 is 11.7 Å². The Balaban J connectivity index is 2.13. The Kier molecular flexibility index (Phi) is 3.38. The van der Waals surface area contributed by atoms with Crippen molar-refractivity contribution in [2.75, 3.05) is 12.4 Å². The molecule has 0 aliphatic rings. The van der Waals surface area contributed by atoms with Crippen molar-refractivity contribution in [2.45, 2.75) is 19.9 Å².